The molecular formula is C46H58F2N4O8. The fraction of sp³-hybridized carbons (Fsp3) is 0.435. The van der Waals surface area contributed by atoms with Gasteiger partial charge in [-0.2, -0.15) is 0 Å². The molecule has 0 fully saturated rings. The molecule has 4 unspecified atom stereocenters. The van der Waals surface area contributed by atoms with Crippen molar-refractivity contribution in [1.82, 2.24) is 0 Å². The molecule has 14 heteroatoms. The van der Waals surface area contributed by atoms with E-state index in [-0.39, 0.29) is 29.8 Å². The molecule has 324 valence electrons. The molecular weight excluding hydrogens is 775 g/mol. The molecule has 2 heterocycles. The zero-order chi connectivity index (χ0) is 43.0. The van der Waals surface area contributed by atoms with Crippen LogP contribution in [0.1, 0.15) is 44.7 Å². The lowest BCUT2D eigenvalue weighted by atomic mass is 10.1. The van der Waals surface area contributed by atoms with Gasteiger partial charge in [-0.15, -0.1) is 0 Å². The van der Waals surface area contributed by atoms with Crippen LogP contribution in [0.4, 0.5) is 31.5 Å². The van der Waals surface area contributed by atoms with Crippen LogP contribution in [0.15, 0.2) is 84.9 Å². The van der Waals surface area contributed by atoms with Gasteiger partial charge in [-0.1, -0.05) is 24.3 Å². The third kappa shape index (κ3) is 13.5. The number of nitrogens with one attached hydrogen (secondary N) is 2. The van der Waals surface area contributed by atoms with Crippen LogP contribution in [-0.2, 0) is 36.6 Å². The standard InChI is InChI=1S/C24H31FN2O4.C22H27FN2O4/c1-4-30-24(28)23(29-3)14-18-6-9-20(10-7-18)26-12-5-13-27-16-17(2)31-22-15-19(25)8-11-21(22)27;1-15-14-25(19-9-6-17(23)13-20(19)29-15)11-3-10-24-18-7-4-16(5-8-18)12-21(28-2)22(26)27/h6-11,15,17,23,26H,4-5,12-14,16H2,1-3H3;4-9,13,15,21,24H,3,10-12,14H2,1-2H3,(H,26,27). The van der Waals surface area contributed by atoms with E-state index in [9.17, 15) is 18.4 Å². The number of carbonyl (C=O) groups excluding carboxylic acids is 1. The maximum atomic E-state index is 13.5. The van der Waals surface area contributed by atoms with Crippen molar-refractivity contribution < 1.29 is 47.2 Å². The number of nitrogens with zero attached hydrogens (tertiary/aromatic N) is 2. The predicted molar refractivity (Wildman–Crippen MR) is 230 cm³/mol. The molecule has 60 heavy (non-hydrogen) atoms. The molecule has 4 atom stereocenters. The maximum Gasteiger partial charge on any atom is 0.335 e. The summed E-state index contributed by atoms with van der Waals surface area (Å²) < 4.78 is 53.7. The smallest absolute Gasteiger partial charge is 0.335 e. The molecule has 0 radical (unpaired) electrons. The third-order valence-electron chi connectivity index (χ3n) is 10.1. The van der Waals surface area contributed by atoms with Gasteiger partial charge in [-0.25, -0.2) is 18.4 Å². The van der Waals surface area contributed by atoms with Crippen LogP contribution in [-0.4, -0.2) is 102 Å². The lowest BCUT2D eigenvalue weighted by molar-refractivity contribution is -0.154. The summed E-state index contributed by atoms with van der Waals surface area (Å²) in [6, 6.07) is 25.1. The van der Waals surface area contributed by atoms with Crippen LogP contribution in [0.25, 0.3) is 0 Å². The van der Waals surface area contributed by atoms with Gasteiger partial charge in [-0.05, 0) is 93.3 Å². The third-order valence-corrected chi connectivity index (χ3v) is 10.1. The summed E-state index contributed by atoms with van der Waals surface area (Å²) in [4.78, 5) is 27.4. The SMILES string of the molecule is CCOC(=O)C(Cc1ccc(NCCCN2CC(C)Oc3cc(F)ccc32)cc1)OC.COC(Cc1ccc(NCCCN2CC(C)Oc3cc(F)ccc32)cc1)C(=O)O. The highest BCUT2D eigenvalue weighted by atomic mass is 19.1. The first kappa shape index (κ1) is 45.5. The molecule has 0 amide bonds. The van der Waals surface area contributed by atoms with Gasteiger partial charge in [0.15, 0.2) is 12.2 Å². The minimum absolute atomic E-state index is 0.0199. The Labute approximate surface area is 351 Å². The Morgan fingerprint density at radius 2 is 1.15 bits per heavy atom. The molecule has 2 aliphatic heterocycles. The number of ether oxygens (including phenoxy) is 5. The summed E-state index contributed by atoms with van der Waals surface area (Å²) in [5.74, 6) is -0.659. The zero-order valence-corrected chi connectivity index (χ0v) is 35.1. The molecule has 0 aromatic heterocycles. The number of fused-ring (bicyclic) bond motifs is 2. The number of methoxy groups -OCH3 is 2. The van der Waals surface area contributed by atoms with Gasteiger partial charge >= 0.3 is 11.9 Å². The molecule has 0 aliphatic carbocycles. The molecule has 3 N–H and O–H groups in total. The number of halogens is 2. The summed E-state index contributed by atoms with van der Waals surface area (Å²) in [6.07, 6.45) is 1.28. The van der Waals surface area contributed by atoms with E-state index in [1.165, 1.54) is 38.5 Å². The van der Waals surface area contributed by atoms with Crippen molar-refractivity contribution in [2.24, 2.45) is 0 Å². The number of benzene rings is 4. The lowest BCUT2D eigenvalue weighted by Crippen LogP contribution is -2.39. The van der Waals surface area contributed by atoms with E-state index in [1.807, 2.05) is 62.4 Å². The van der Waals surface area contributed by atoms with Crippen molar-refractivity contribution in [3.05, 3.63) is 108 Å². The molecule has 12 nitrogen and oxygen atoms in total. The van der Waals surface area contributed by atoms with Gasteiger partial charge in [0.1, 0.15) is 35.3 Å². The second-order valence-electron chi connectivity index (χ2n) is 14.9. The monoisotopic (exact) mass is 832 g/mol. The Bertz CT molecular complexity index is 1970. The van der Waals surface area contributed by atoms with Gasteiger partial charge in [0, 0.05) is 76.7 Å². The van der Waals surface area contributed by atoms with Gasteiger partial charge in [0.25, 0.3) is 0 Å². The van der Waals surface area contributed by atoms with Crippen LogP contribution >= 0.6 is 0 Å². The van der Waals surface area contributed by atoms with Crippen LogP contribution in [0, 0.1) is 11.6 Å². The van der Waals surface area contributed by atoms with Gasteiger partial charge in [0.05, 0.1) is 31.1 Å². The minimum Gasteiger partial charge on any atom is -0.487 e. The van der Waals surface area contributed by atoms with Gasteiger partial charge in [-0.3, -0.25) is 0 Å². The number of hydrogen-bond acceptors (Lipinski definition) is 11. The van der Waals surface area contributed by atoms with E-state index in [2.05, 4.69) is 20.4 Å². The van der Waals surface area contributed by atoms with E-state index in [0.717, 1.165) is 86.0 Å². The van der Waals surface area contributed by atoms with Crippen molar-refractivity contribution in [3.63, 3.8) is 0 Å². The van der Waals surface area contributed by atoms with Crippen LogP contribution in [0.3, 0.4) is 0 Å². The van der Waals surface area contributed by atoms with E-state index in [4.69, 9.17) is 28.8 Å². The molecule has 0 saturated carbocycles. The molecule has 0 spiro atoms. The molecule has 6 rings (SSSR count). The quantitative estimate of drug-likeness (QED) is 0.0636. The van der Waals surface area contributed by atoms with E-state index in [0.29, 0.717) is 30.9 Å². The van der Waals surface area contributed by atoms with Crippen molar-refractivity contribution in [3.8, 4) is 11.5 Å². The van der Waals surface area contributed by atoms with Crippen molar-refractivity contribution >= 4 is 34.7 Å². The lowest BCUT2D eigenvalue weighted by Gasteiger charge is -2.35. The van der Waals surface area contributed by atoms with Gasteiger partial charge in [0.2, 0.25) is 0 Å². The highest BCUT2D eigenvalue weighted by molar-refractivity contribution is 5.75. The highest BCUT2D eigenvalue weighted by Gasteiger charge is 2.25. The first-order valence-corrected chi connectivity index (χ1v) is 20.5. The Hall–Kier alpha value is -5.60. The topological polar surface area (TPSA) is 131 Å². The van der Waals surface area contributed by atoms with Crippen molar-refractivity contribution in [2.75, 3.05) is 80.5 Å². The summed E-state index contributed by atoms with van der Waals surface area (Å²) in [5.41, 5.74) is 5.80. The Kier molecular flexibility index (Phi) is 17.2. The van der Waals surface area contributed by atoms with Crippen LogP contribution in [0.5, 0.6) is 11.5 Å². The number of carbonyl (C=O) groups is 2. The molecule has 0 saturated heterocycles. The molecule has 0 bridgehead atoms. The van der Waals surface area contributed by atoms with Crippen molar-refractivity contribution in [2.45, 2.75) is 70.9 Å². The first-order chi connectivity index (χ1) is 29.0. The van der Waals surface area contributed by atoms with E-state index >= 15 is 0 Å². The summed E-state index contributed by atoms with van der Waals surface area (Å²) in [6.45, 7) is 11.0. The Morgan fingerprint density at radius 3 is 1.55 bits per heavy atom. The summed E-state index contributed by atoms with van der Waals surface area (Å²) >= 11 is 0. The average molecular weight is 833 g/mol. The fourth-order valence-corrected chi connectivity index (χ4v) is 7.16. The Balaban J connectivity index is 0.000000228. The maximum absolute atomic E-state index is 13.5. The van der Waals surface area contributed by atoms with E-state index < -0.39 is 18.2 Å². The fourth-order valence-electron chi connectivity index (χ4n) is 7.16. The normalized spacial score (nSPS) is 16.4. The minimum atomic E-state index is -0.962. The summed E-state index contributed by atoms with van der Waals surface area (Å²) in [7, 11) is 2.92. The predicted octanol–water partition coefficient (Wildman–Crippen LogP) is 7.59. The number of esters is 1. The Morgan fingerprint density at radius 1 is 0.717 bits per heavy atom. The first-order valence-electron chi connectivity index (χ1n) is 20.5. The van der Waals surface area contributed by atoms with E-state index in [1.54, 1.807) is 19.1 Å². The molecule has 2 aliphatic rings. The number of rotatable bonds is 19. The second kappa shape index (κ2) is 22.7. The average Bonchev–Trinajstić information content (AvgIpc) is 3.22. The van der Waals surface area contributed by atoms with Crippen LogP contribution in [0.2, 0.25) is 0 Å². The zero-order valence-electron chi connectivity index (χ0n) is 35.1. The van der Waals surface area contributed by atoms with Gasteiger partial charge < -0.3 is 49.2 Å². The largest absolute Gasteiger partial charge is 0.487 e. The highest BCUT2D eigenvalue weighted by Crippen LogP contribution is 2.35. The number of anilines is 4. The number of carboxylic acid groups (broad SMARTS) is 1. The number of aliphatic carboxylic acids is 1. The van der Waals surface area contributed by atoms with Crippen LogP contribution < -0.4 is 29.9 Å². The molecule has 4 aromatic rings. The molecule has 4 aromatic carbocycles. The second-order valence-corrected chi connectivity index (χ2v) is 14.9. The summed E-state index contributed by atoms with van der Waals surface area (Å²) in [5, 5.41) is 15.9. The van der Waals surface area contributed by atoms with Crippen molar-refractivity contribution in [1.29, 1.82) is 0 Å². The number of carboxylic acids is 1. The number of hydrogen-bond donors (Lipinski definition) is 3.